The van der Waals surface area contributed by atoms with Crippen molar-refractivity contribution >= 4 is 17.4 Å². The Morgan fingerprint density at radius 2 is 1.68 bits per heavy atom. The van der Waals surface area contributed by atoms with Crippen molar-refractivity contribution in [2.45, 2.75) is 26.1 Å². The Kier molecular flexibility index (Phi) is 7.00. The molecule has 5 rings (SSSR count). The molecule has 1 aliphatic heterocycles. The van der Waals surface area contributed by atoms with Crippen LogP contribution in [-0.4, -0.2) is 26.7 Å². The Hall–Kier alpha value is -4.78. The molecule has 1 saturated heterocycles. The molecule has 6 nitrogen and oxygen atoms in total. The molecular weight excluding hydrogens is 483 g/mol. The van der Waals surface area contributed by atoms with Gasteiger partial charge < -0.3 is 14.7 Å². The van der Waals surface area contributed by atoms with Crippen LogP contribution < -0.4 is 4.74 Å². The van der Waals surface area contributed by atoms with E-state index in [0.29, 0.717) is 17.9 Å². The van der Waals surface area contributed by atoms with E-state index in [4.69, 9.17) is 4.74 Å². The minimum absolute atomic E-state index is 0.0502. The maximum Gasteiger partial charge on any atom is 0.295 e. The highest BCUT2D eigenvalue weighted by Gasteiger charge is 2.46. The molecule has 0 saturated carbocycles. The average Bonchev–Trinajstić information content (AvgIpc) is 3.17. The second-order valence-corrected chi connectivity index (χ2v) is 9.11. The van der Waals surface area contributed by atoms with Crippen molar-refractivity contribution in [1.82, 2.24) is 9.88 Å². The Bertz CT molecular complexity index is 1520. The molecule has 0 radical (unpaired) electrons. The molecule has 1 aliphatic rings. The SMILES string of the molecule is Cc1cccc(COc2ccc(/C(O)=C3\C(=O)C(=O)N(Cc4ccncc4)C3c3ccccc3F)cc2)c1. The predicted octanol–water partition coefficient (Wildman–Crippen LogP) is 5.73. The lowest BCUT2D eigenvalue weighted by molar-refractivity contribution is -0.140. The molecule has 38 heavy (non-hydrogen) atoms. The van der Waals surface area contributed by atoms with E-state index in [-0.39, 0.29) is 23.4 Å². The van der Waals surface area contributed by atoms with Gasteiger partial charge in [0.05, 0.1) is 11.6 Å². The van der Waals surface area contributed by atoms with Crippen LogP contribution in [0.2, 0.25) is 0 Å². The fourth-order valence-corrected chi connectivity index (χ4v) is 4.58. The standard InChI is InChI=1S/C31H25FN2O4/c1-20-5-4-6-22(17-20)19-38-24-11-9-23(10-12-24)29(35)27-28(25-7-2-3-8-26(25)32)34(31(37)30(27)36)18-21-13-15-33-16-14-21/h2-17,28,35H,18-19H2,1H3/b29-27+. The molecule has 0 aliphatic carbocycles. The minimum Gasteiger partial charge on any atom is -0.507 e. The second kappa shape index (κ2) is 10.7. The summed E-state index contributed by atoms with van der Waals surface area (Å²) in [6, 6.07) is 22.8. The van der Waals surface area contributed by atoms with Gasteiger partial charge in [0.25, 0.3) is 11.7 Å². The molecule has 1 N–H and O–H groups in total. The molecule has 7 heteroatoms. The van der Waals surface area contributed by atoms with Gasteiger partial charge in [0.15, 0.2) is 0 Å². The monoisotopic (exact) mass is 508 g/mol. The summed E-state index contributed by atoms with van der Waals surface area (Å²) in [5, 5.41) is 11.3. The van der Waals surface area contributed by atoms with Crippen LogP contribution in [0.5, 0.6) is 5.75 Å². The fourth-order valence-electron chi connectivity index (χ4n) is 4.58. The van der Waals surface area contributed by atoms with Gasteiger partial charge in [-0.25, -0.2) is 4.39 Å². The molecule has 1 atom stereocenters. The van der Waals surface area contributed by atoms with Crippen LogP contribution in [-0.2, 0) is 22.7 Å². The van der Waals surface area contributed by atoms with E-state index in [1.165, 1.54) is 23.1 Å². The van der Waals surface area contributed by atoms with Crippen molar-refractivity contribution in [3.8, 4) is 5.75 Å². The summed E-state index contributed by atoms with van der Waals surface area (Å²) in [5.74, 6) is -2.06. The molecule has 0 bridgehead atoms. The zero-order chi connectivity index (χ0) is 26.6. The third kappa shape index (κ3) is 5.04. The number of benzene rings is 3. The lowest BCUT2D eigenvalue weighted by atomic mass is 9.94. The number of ether oxygens (including phenoxy) is 1. The summed E-state index contributed by atoms with van der Waals surface area (Å²) >= 11 is 0. The number of carbonyl (C=O) groups is 2. The Morgan fingerprint density at radius 1 is 0.947 bits per heavy atom. The molecule has 0 spiro atoms. The van der Waals surface area contributed by atoms with Crippen molar-refractivity contribution in [2.75, 3.05) is 0 Å². The van der Waals surface area contributed by atoms with Gasteiger partial charge in [-0.3, -0.25) is 14.6 Å². The Balaban J connectivity index is 1.48. The molecule has 190 valence electrons. The van der Waals surface area contributed by atoms with Crippen LogP contribution in [0.4, 0.5) is 4.39 Å². The van der Waals surface area contributed by atoms with Crippen LogP contribution >= 0.6 is 0 Å². The van der Waals surface area contributed by atoms with Gasteiger partial charge >= 0.3 is 0 Å². The van der Waals surface area contributed by atoms with E-state index in [0.717, 1.165) is 16.7 Å². The Morgan fingerprint density at radius 3 is 2.39 bits per heavy atom. The molecule has 1 aromatic heterocycles. The maximum absolute atomic E-state index is 15.0. The lowest BCUT2D eigenvalue weighted by Gasteiger charge is -2.25. The number of aliphatic hydroxyl groups is 1. The number of halogens is 1. The summed E-state index contributed by atoms with van der Waals surface area (Å²) < 4.78 is 20.8. The number of aryl methyl sites for hydroxylation is 1. The van der Waals surface area contributed by atoms with Gasteiger partial charge in [0.2, 0.25) is 0 Å². The van der Waals surface area contributed by atoms with Crippen molar-refractivity contribution < 1.29 is 23.8 Å². The predicted molar refractivity (Wildman–Crippen MR) is 140 cm³/mol. The van der Waals surface area contributed by atoms with Crippen LogP contribution in [0.3, 0.4) is 0 Å². The van der Waals surface area contributed by atoms with E-state index in [9.17, 15) is 19.1 Å². The van der Waals surface area contributed by atoms with Crippen molar-refractivity contribution in [3.63, 3.8) is 0 Å². The first kappa shape index (κ1) is 24.9. The van der Waals surface area contributed by atoms with Crippen LogP contribution in [0.25, 0.3) is 5.76 Å². The average molecular weight is 509 g/mol. The molecular formula is C31H25FN2O4. The Labute approximate surface area is 219 Å². The largest absolute Gasteiger partial charge is 0.507 e. The highest BCUT2D eigenvalue weighted by molar-refractivity contribution is 6.46. The molecule has 3 aromatic carbocycles. The number of pyridine rings is 1. The molecule has 1 fully saturated rings. The quantitative estimate of drug-likeness (QED) is 0.196. The summed E-state index contributed by atoms with van der Waals surface area (Å²) in [7, 11) is 0. The molecule has 1 unspecified atom stereocenters. The zero-order valence-corrected chi connectivity index (χ0v) is 20.7. The first-order chi connectivity index (χ1) is 18.4. The first-order valence-corrected chi connectivity index (χ1v) is 12.1. The van der Waals surface area contributed by atoms with Gasteiger partial charge in [-0.15, -0.1) is 0 Å². The van der Waals surface area contributed by atoms with Crippen molar-refractivity contribution in [2.24, 2.45) is 0 Å². The van der Waals surface area contributed by atoms with Crippen LogP contribution in [0, 0.1) is 12.7 Å². The number of hydrogen-bond donors (Lipinski definition) is 1. The summed E-state index contributed by atoms with van der Waals surface area (Å²) in [6.07, 6.45) is 3.15. The summed E-state index contributed by atoms with van der Waals surface area (Å²) in [4.78, 5) is 31.6. The highest BCUT2D eigenvalue weighted by atomic mass is 19.1. The molecule has 4 aromatic rings. The number of aromatic nitrogens is 1. The van der Waals surface area contributed by atoms with E-state index in [2.05, 4.69) is 4.98 Å². The van der Waals surface area contributed by atoms with E-state index < -0.39 is 23.5 Å². The third-order valence-electron chi connectivity index (χ3n) is 6.46. The number of hydrogen-bond acceptors (Lipinski definition) is 5. The number of amides is 1. The summed E-state index contributed by atoms with van der Waals surface area (Å²) in [5.41, 5.74) is 3.16. The van der Waals surface area contributed by atoms with Gasteiger partial charge in [0, 0.05) is 30.1 Å². The van der Waals surface area contributed by atoms with Gasteiger partial charge in [-0.2, -0.15) is 0 Å². The van der Waals surface area contributed by atoms with Gasteiger partial charge in [-0.05, 0) is 60.5 Å². The zero-order valence-electron chi connectivity index (χ0n) is 20.7. The topological polar surface area (TPSA) is 79.7 Å². The molecule has 2 heterocycles. The summed E-state index contributed by atoms with van der Waals surface area (Å²) in [6.45, 7) is 2.44. The number of ketones is 1. The molecule has 1 amide bonds. The number of carbonyl (C=O) groups excluding carboxylic acids is 2. The lowest BCUT2D eigenvalue weighted by Crippen LogP contribution is -2.29. The van der Waals surface area contributed by atoms with E-state index in [1.807, 2.05) is 31.2 Å². The number of likely N-dealkylation sites (tertiary alicyclic amines) is 1. The van der Waals surface area contributed by atoms with Crippen LogP contribution in [0.1, 0.15) is 33.9 Å². The van der Waals surface area contributed by atoms with Crippen molar-refractivity contribution in [1.29, 1.82) is 0 Å². The fraction of sp³-hybridized carbons (Fsp3) is 0.129. The normalized spacial score (nSPS) is 16.6. The second-order valence-electron chi connectivity index (χ2n) is 9.11. The number of nitrogens with zero attached hydrogens (tertiary/aromatic N) is 2. The van der Waals surface area contributed by atoms with Gasteiger partial charge in [-0.1, -0.05) is 48.0 Å². The maximum atomic E-state index is 15.0. The highest BCUT2D eigenvalue weighted by Crippen LogP contribution is 2.41. The number of aliphatic hydroxyl groups excluding tert-OH is 1. The van der Waals surface area contributed by atoms with Gasteiger partial charge in [0.1, 0.15) is 23.9 Å². The van der Waals surface area contributed by atoms with E-state index in [1.54, 1.807) is 54.9 Å². The first-order valence-electron chi connectivity index (χ1n) is 12.1. The number of rotatable bonds is 7. The van der Waals surface area contributed by atoms with Crippen LogP contribution in [0.15, 0.2) is 103 Å². The third-order valence-corrected chi connectivity index (χ3v) is 6.46. The minimum atomic E-state index is -1.10. The number of Topliss-reactive ketones (excluding diaryl/α,β-unsaturated/α-hetero) is 1. The van der Waals surface area contributed by atoms with Crippen molar-refractivity contribution in [3.05, 3.63) is 137 Å². The van der Waals surface area contributed by atoms with E-state index >= 15 is 0 Å². The smallest absolute Gasteiger partial charge is 0.295 e.